The molecule has 1 unspecified atom stereocenters. The standard InChI is InChI=1S/C16H18ClN3O3S/c1-18-16(21)15-8-12(9-20(15)2)24(22,23)19-14-6-3-10-7-11(17)4-5-13(10)14/h4-5,7-9,14,19H,3,6H2,1-2H3,(H,18,21). The summed E-state index contributed by atoms with van der Waals surface area (Å²) in [6.45, 7) is 0. The average Bonchev–Trinajstić information content (AvgIpc) is 3.10. The zero-order chi connectivity index (χ0) is 17.5. The van der Waals surface area contributed by atoms with Gasteiger partial charge in [-0.2, -0.15) is 0 Å². The topological polar surface area (TPSA) is 80.2 Å². The van der Waals surface area contributed by atoms with Gasteiger partial charge in [-0.1, -0.05) is 17.7 Å². The molecule has 1 aliphatic rings. The molecule has 128 valence electrons. The smallest absolute Gasteiger partial charge is 0.267 e. The SMILES string of the molecule is CNC(=O)c1cc(S(=O)(=O)NC2CCc3cc(Cl)ccc32)cn1C. The van der Waals surface area contributed by atoms with Gasteiger partial charge >= 0.3 is 0 Å². The van der Waals surface area contributed by atoms with Crippen LogP contribution < -0.4 is 10.0 Å². The van der Waals surface area contributed by atoms with Crippen molar-refractivity contribution in [2.24, 2.45) is 7.05 Å². The van der Waals surface area contributed by atoms with Crippen LogP contribution in [0.4, 0.5) is 0 Å². The maximum absolute atomic E-state index is 12.7. The summed E-state index contributed by atoms with van der Waals surface area (Å²) >= 11 is 5.98. The second kappa shape index (κ2) is 6.23. The van der Waals surface area contributed by atoms with Crippen molar-refractivity contribution < 1.29 is 13.2 Å². The fourth-order valence-electron chi connectivity index (χ4n) is 3.00. The Morgan fingerprint density at radius 3 is 2.79 bits per heavy atom. The van der Waals surface area contributed by atoms with Crippen LogP contribution in [0.2, 0.25) is 5.02 Å². The first-order valence-electron chi connectivity index (χ1n) is 7.51. The fraction of sp³-hybridized carbons (Fsp3) is 0.312. The predicted molar refractivity (Wildman–Crippen MR) is 91.6 cm³/mol. The van der Waals surface area contributed by atoms with Crippen LogP contribution in [-0.4, -0.2) is 25.9 Å². The Morgan fingerprint density at radius 2 is 2.08 bits per heavy atom. The number of amides is 1. The summed E-state index contributed by atoms with van der Waals surface area (Å²) in [6.07, 6.45) is 2.90. The van der Waals surface area contributed by atoms with Gasteiger partial charge in [0.05, 0.1) is 0 Å². The number of nitrogens with one attached hydrogen (secondary N) is 2. The number of fused-ring (bicyclic) bond motifs is 1. The van der Waals surface area contributed by atoms with Crippen molar-refractivity contribution in [3.8, 4) is 0 Å². The van der Waals surface area contributed by atoms with E-state index in [-0.39, 0.29) is 22.5 Å². The zero-order valence-electron chi connectivity index (χ0n) is 13.3. The van der Waals surface area contributed by atoms with Gasteiger partial charge in [0, 0.05) is 31.4 Å². The van der Waals surface area contributed by atoms with E-state index in [1.807, 2.05) is 12.1 Å². The molecule has 1 aromatic heterocycles. The Balaban J connectivity index is 1.87. The minimum atomic E-state index is -3.72. The van der Waals surface area contributed by atoms with E-state index in [4.69, 9.17) is 11.6 Å². The minimum Gasteiger partial charge on any atom is -0.354 e. The lowest BCUT2D eigenvalue weighted by atomic mass is 10.1. The molecule has 1 atom stereocenters. The van der Waals surface area contributed by atoms with Crippen LogP contribution in [0.3, 0.4) is 0 Å². The van der Waals surface area contributed by atoms with E-state index in [9.17, 15) is 13.2 Å². The Bertz CT molecular complexity index is 905. The summed E-state index contributed by atoms with van der Waals surface area (Å²) < 4.78 is 29.5. The number of halogens is 1. The number of rotatable bonds is 4. The molecule has 2 aromatic rings. The molecule has 0 saturated carbocycles. The van der Waals surface area contributed by atoms with Crippen LogP contribution >= 0.6 is 11.6 Å². The summed E-state index contributed by atoms with van der Waals surface area (Å²) in [7, 11) is -0.586. The molecule has 0 bridgehead atoms. The minimum absolute atomic E-state index is 0.0750. The molecule has 2 N–H and O–H groups in total. The van der Waals surface area contributed by atoms with E-state index in [0.717, 1.165) is 17.5 Å². The summed E-state index contributed by atoms with van der Waals surface area (Å²) in [5, 5.41) is 3.14. The molecule has 8 heteroatoms. The fourth-order valence-corrected chi connectivity index (χ4v) is 4.51. The Kier molecular flexibility index (Phi) is 4.42. The van der Waals surface area contributed by atoms with Crippen LogP contribution in [-0.2, 0) is 23.5 Å². The van der Waals surface area contributed by atoms with E-state index in [0.29, 0.717) is 11.4 Å². The summed E-state index contributed by atoms with van der Waals surface area (Å²) in [4.78, 5) is 11.8. The normalized spacial score (nSPS) is 16.9. The van der Waals surface area contributed by atoms with Crippen molar-refractivity contribution in [2.75, 3.05) is 7.05 Å². The van der Waals surface area contributed by atoms with Crippen molar-refractivity contribution in [2.45, 2.75) is 23.8 Å². The summed E-state index contributed by atoms with van der Waals surface area (Å²) in [6, 6.07) is 6.58. The molecular weight excluding hydrogens is 350 g/mol. The van der Waals surface area contributed by atoms with Gasteiger partial charge in [0.15, 0.2) is 0 Å². The van der Waals surface area contributed by atoms with Gasteiger partial charge in [-0.15, -0.1) is 0 Å². The molecule has 0 aliphatic heterocycles. The van der Waals surface area contributed by atoms with E-state index in [1.54, 1.807) is 13.1 Å². The first-order chi connectivity index (χ1) is 11.3. The van der Waals surface area contributed by atoms with Gasteiger partial charge < -0.3 is 9.88 Å². The third-order valence-corrected chi connectivity index (χ3v) is 5.90. The number of hydrogen-bond acceptors (Lipinski definition) is 3. The highest BCUT2D eigenvalue weighted by Gasteiger charge is 2.29. The van der Waals surface area contributed by atoms with Crippen molar-refractivity contribution >= 4 is 27.5 Å². The predicted octanol–water partition coefficient (Wildman–Crippen LogP) is 2.00. The van der Waals surface area contributed by atoms with Crippen LogP contribution in [0.25, 0.3) is 0 Å². The third kappa shape index (κ3) is 3.07. The van der Waals surface area contributed by atoms with Gasteiger partial charge in [0.2, 0.25) is 10.0 Å². The molecular formula is C16H18ClN3O3S. The highest BCUT2D eigenvalue weighted by molar-refractivity contribution is 7.89. The second-order valence-corrected chi connectivity index (χ2v) is 7.96. The van der Waals surface area contributed by atoms with Crippen molar-refractivity contribution in [1.82, 2.24) is 14.6 Å². The first kappa shape index (κ1) is 17.0. The van der Waals surface area contributed by atoms with Crippen molar-refractivity contribution in [3.05, 3.63) is 52.3 Å². The number of sulfonamides is 1. The molecule has 1 aromatic carbocycles. The van der Waals surface area contributed by atoms with Crippen molar-refractivity contribution in [1.29, 1.82) is 0 Å². The lowest BCUT2D eigenvalue weighted by molar-refractivity contribution is 0.0955. The monoisotopic (exact) mass is 367 g/mol. The molecule has 0 fully saturated rings. The van der Waals surface area contributed by atoms with Crippen LogP contribution in [0.15, 0.2) is 35.4 Å². The largest absolute Gasteiger partial charge is 0.354 e. The second-order valence-electron chi connectivity index (χ2n) is 5.81. The molecule has 1 amide bonds. The van der Waals surface area contributed by atoms with Crippen LogP contribution in [0.1, 0.15) is 34.1 Å². The van der Waals surface area contributed by atoms with E-state index < -0.39 is 10.0 Å². The number of aryl methyl sites for hydroxylation is 2. The zero-order valence-corrected chi connectivity index (χ0v) is 14.9. The number of benzene rings is 1. The Labute approximate surface area is 145 Å². The van der Waals surface area contributed by atoms with Crippen LogP contribution in [0, 0.1) is 0 Å². The lowest BCUT2D eigenvalue weighted by Crippen LogP contribution is -2.27. The Hall–Kier alpha value is -1.83. The third-order valence-electron chi connectivity index (χ3n) is 4.23. The highest BCUT2D eigenvalue weighted by Crippen LogP contribution is 2.34. The summed E-state index contributed by atoms with van der Waals surface area (Å²) in [5.74, 6) is -0.334. The number of carbonyl (C=O) groups is 1. The van der Waals surface area contributed by atoms with E-state index >= 15 is 0 Å². The number of carbonyl (C=O) groups excluding carboxylic acids is 1. The molecule has 3 rings (SSSR count). The van der Waals surface area contributed by atoms with Crippen LogP contribution in [0.5, 0.6) is 0 Å². The highest BCUT2D eigenvalue weighted by atomic mass is 35.5. The quantitative estimate of drug-likeness (QED) is 0.867. The number of nitrogens with zero attached hydrogens (tertiary/aromatic N) is 1. The van der Waals surface area contributed by atoms with Gasteiger partial charge in [-0.05, 0) is 42.2 Å². The molecule has 1 heterocycles. The van der Waals surface area contributed by atoms with Crippen molar-refractivity contribution in [3.63, 3.8) is 0 Å². The maximum atomic E-state index is 12.7. The van der Waals surface area contributed by atoms with Gasteiger partial charge in [0.1, 0.15) is 10.6 Å². The maximum Gasteiger partial charge on any atom is 0.267 e. The molecule has 0 saturated heterocycles. The molecule has 1 aliphatic carbocycles. The first-order valence-corrected chi connectivity index (χ1v) is 9.37. The lowest BCUT2D eigenvalue weighted by Gasteiger charge is -2.13. The average molecular weight is 368 g/mol. The molecule has 0 radical (unpaired) electrons. The Morgan fingerprint density at radius 1 is 1.33 bits per heavy atom. The van der Waals surface area contributed by atoms with E-state index in [2.05, 4.69) is 10.0 Å². The molecule has 6 nitrogen and oxygen atoms in total. The van der Waals surface area contributed by atoms with Gasteiger partial charge in [0.25, 0.3) is 5.91 Å². The van der Waals surface area contributed by atoms with Gasteiger partial charge in [-0.3, -0.25) is 4.79 Å². The van der Waals surface area contributed by atoms with E-state index in [1.165, 1.54) is 23.9 Å². The number of hydrogen-bond donors (Lipinski definition) is 2. The van der Waals surface area contributed by atoms with Gasteiger partial charge in [-0.25, -0.2) is 13.1 Å². The number of aromatic nitrogens is 1. The molecule has 0 spiro atoms. The summed E-state index contributed by atoms with van der Waals surface area (Å²) in [5.41, 5.74) is 2.30. The molecule has 24 heavy (non-hydrogen) atoms.